The van der Waals surface area contributed by atoms with E-state index < -0.39 is 0 Å². The molecule has 0 fully saturated rings. The van der Waals surface area contributed by atoms with Crippen molar-refractivity contribution in [3.8, 4) is 0 Å². The highest BCUT2D eigenvalue weighted by atomic mass is 16.5. The van der Waals surface area contributed by atoms with E-state index in [2.05, 4.69) is 19.9 Å². The third-order valence-corrected chi connectivity index (χ3v) is 5.78. The first kappa shape index (κ1) is 24.2. The summed E-state index contributed by atoms with van der Waals surface area (Å²) < 4.78 is 5.80. The number of carbonyl (C=O) groups excluding carboxylic acids is 1. The molecule has 0 radical (unpaired) electrons. The van der Waals surface area contributed by atoms with Crippen LogP contribution in [0.5, 0.6) is 0 Å². The lowest BCUT2D eigenvalue weighted by atomic mass is 10.0. The Morgan fingerprint density at radius 2 is 1.41 bits per heavy atom. The highest BCUT2D eigenvalue weighted by molar-refractivity contribution is 5.70. The molecule has 0 saturated heterocycles. The molecule has 0 aliphatic heterocycles. The third kappa shape index (κ3) is 14.9. The summed E-state index contributed by atoms with van der Waals surface area (Å²) in [7, 11) is 0. The predicted octanol–water partition coefficient (Wildman–Crippen LogP) is 8.50. The number of ether oxygens (including phenoxy) is 1. The fourth-order valence-corrected chi connectivity index (χ4v) is 4.00. The van der Waals surface area contributed by atoms with Gasteiger partial charge in [0, 0.05) is 12.8 Å². The Bertz CT molecular complexity index is 386. The van der Waals surface area contributed by atoms with E-state index in [0.717, 1.165) is 31.4 Å². The molecule has 1 rings (SSSR count). The van der Waals surface area contributed by atoms with Crippen LogP contribution in [-0.4, -0.2) is 5.97 Å². The zero-order valence-corrected chi connectivity index (χ0v) is 18.4. The molecule has 27 heavy (non-hydrogen) atoms. The zero-order valence-electron chi connectivity index (χ0n) is 18.4. The van der Waals surface area contributed by atoms with Crippen molar-refractivity contribution in [2.45, 2.75) is 136 Å². The maximum atomic E-state index is 12.3. The van der Waals surface area contributed by atoms with Crippen LogP contribution in [0.3, 0.4) is 0 Å². The largest absolute Gasteiger partial charge is 0.431 e. The highest BCUT2D eigenvalue weighted by Gasteiger charge is 2.10. The average molecular weight is 379 g/mol. The maximum absolute atomic E-state index is 12.3. The first-order valence-electron chi connectivity index (χ1n) is 12.1. The molecule has 0 N–H and O–H groups in total. The topological polar surface area (TPSA) is 26.3 Å². The third-order valence-electron chi connectivity index (χ3n) is 5.78. The summed E-state index contributed by atoms with van der Waals surface area (Å²) >= 11 is 0. The summed E-state index contributed by atoms with van der Waals surface area (Å²) in [6.07, 6.45) is 25.6. The second kappa shape index (κ2) is 17.3. The molecule has 0 aromatic carbocycles. The van der Waals surface area contributed by atoms with Crippen molar-refractivity contribution in [1.82, 2.24) is 0 Å². The first-order valence-corrected chi connectivity index (χ1v) is 12.1. The molecule has 2 nitrogen and oxygen atoms in total. The van der Waals surface area contributed by atoms with Gasteiger partial charge < -0.3 is 4.74 Å². The van der Waals surface area contributed by atoms with Crippen LogP contribution in [-0.2, 0) is 9.53 Å². The molecule has 0 amide bonds. The molecule has 0 saturated carbocycles. The van der Waals surface area contributed by atoms with Crippen molar-refractivity contribution in [3.05, 3.63) is 11.8 Å². The Morgan fingerprint density at radius 1 is 0.852 bits per heavy atom. The van der Waals surface area contributed by atoms with Gasteiger partial charge in [0.2, 0.25) is 0 Å². The van der Waals surface area contributed by atoms with E-state index in [1.54, 1.807) is 0 Å². The normalized spacial score (nSPS) is 22.9. The van der Waals surface area contributed by atoms with E-state index in [1.807, 2.05) is 0 Å². The van der Waals surface area contributed by atoms with Gasteiger partial charge in [0.25, 0.3) is 0 Å². The fraction of sp³-hybridized carbons (Fsp3) is 0.880. The molecule has 0 bridgehead atoms. The predicted molar refractivity (Wildman–Crippen MR) is 117 cm³/mol. The Balaban J connectivity index is 2.39. The van der Waals surface area contributed by atoms with E-state index in [0.29, 0.717) is 12.3 Å². The number of hydrogen-bond donors (Lipinski definition) is 0. The van der Waals surface area contributed by atoms with Gasteiger partial charge in [-0.3, -0.25) is 4.79 Å². The van der Waals surface area contributed by atoms with Crippen LogP contribution >= 0.6 is 0 Å². The minimum absolute atomic E-state index is 0.0122. The Kier molecular flexibility index (Phi) is 15.6. The van der Waals surface area contributed by atoms with Crippen LogP contribution in [0.1, 0.15) is 136 Å². The SMILES string of the molecule is CCCCCCCCC(=O)O/C1=C/C(C)CCCCCCCCCCCC1. The van der Waals surface area contributed by atoms with Gasteiger partial charge in [0.05, 0.1) is 0 Å². The lowest BCUT2D eigenvalue weighted by Gasteiger charge is -2.13. The lowest BCUT2D eigenvalue weighted by molar-refractivity contribution is -0.139. The monoisotopic (exact) mass is 378 g/mol. The Hall–Kier alpha value is -0.790. The molecule has 1 aliphatic rings. The van der Waals surface area contributed by atoms with Gasteiger partial charge in [0.1, 0.15) is 5.76 Å². The van der Waals surface area contributed by atoms with Crippen molar-refractivity contribution in [2.24, 2.45) is 5.92 Å². The van der Waals surface area contributed by atoms with Crippen LogP contribution in [0.25, 0.3) is 0 Å². The molecule has 1 atom stereocenters. The van der Waals surface area contributed by atoms with Crippen molar-refractivity contribution < 1.29 is 9.53 Å². The van der Waals surface area contributed by atoms with Crippen molar-refractivity contribution >= 4 is 5.97 Å². The minimum atomic E-state index is -0.0122. The van der Waals surface area contributed by atoms with Crippen LogP contribution < -0.4 is 0 Å². The van der Waals surface area contributed by atoms with E-state index >= 15 is 0 Å². The van der Waals surface area contributed by atoms with Crippen LogP contribution in [0.2, 0.25) is 0 Å². The second-order valence-electron chi connectivity index (χ2n) is 8.68. The number of allylic oxidation sites excluding steroid dienone is 2. The summed E-state index contributed by atoms with van der Waals surface area (Å²) in [4.78, 5) is 12.3. The van der Waals surface area contributed by atoms with Gasteiger partial charge >= 0.3 is 5.97 Å². The standard InChI is InChI=1S/C25H46O2/c1-3-4-5-6-15-18-21-25(26)27-24-20-17-14-12-10-8-7-9-11-13-16-19-23(2)22-24/h22-23H,3-21H2,1-2H3/b24-22+. The Labute approximate surface area is 169 Å². The van der Waals surface area contributed by atoms with Gasteiger partial charge in [-0.2, -0.15) is 0 Å². The smallest absolute Gasteiger partial charge is 0.310 e. The number of rotatable bonds is 8. The van der Waals surface area contributed by atoms with Crippen LogP contribution in [0.15, 0.2) is 11.8 Å². The van der Waals surface area contributed by atoms with E-state index in [-0.39, 0.29) is 5.97 Å². The number of hydrogen-bond acceptors (Lipinski definition) is 2. The molecule has 2 heteroatoms. The van der Waals surface area contributed by atoms with Gasteiger partial charge in [-0.1, -0.05) is 104 Å². The van der Waals surface area contributed by atoms with Gasteiger partial charge in [-0.25, -0.2) is 0 Å². The highest BCUT2D eigenvalue weighted by Crippen LogP contribution is 2.21. The van der Waals surface area contributed by atoms with Crippen molar-refractivity contribution in [1.29, 1.82) is 0 Å². The lowest BCUT2D eigenvalue weighted by Crippen LogP contribution is -2.06. The van der Waals surface area contributed by atoms with Gasteiger partial charge in [0.15, 0.2) is 0 Å². The van der Waals surface area contributed by atoms with E-state index in [9.17, 15) is 4.79 Å². The van der Waals surface area contributed by atoms with Gasteiger partial charge in [-0.15, -0.1) is 0 Å². The molecular formula is C25H46O2. The average Bonchev–Trinajstić information content (AvgIpc) is 2.65. The molecule has 0 aromatic rings. The first-order chi connectivity index (χ1) is 13.2. The second-order valence-corrected chi connectivity index (χ2v) is 8.68. The maximum Gasteiger partial charge on any atom is 0.310 e. The fourth-order valence-electron chi connectivity index (χ4n) is 4.00. The summed E-state index contributed by atoms with van der Waals surface area (Å²) in [5, 5.41) is 0. The molecular weight excluding hydrogens is 332 g/mol. The number of esters is 1. The van der Waals surface area contributed by atoms with Crippen LogP contribution in [0.4, 0.5) is 0 Å². The summed E-state index contributed by atoms with van der Waals surface area (Å²) in [5.74, 6) is 1.46. The van der Waals surface area contributed by atoms with Crippen LogP contribution in [0, 0.1) is 5.92 Å². The molecule has 158 valence electrons. The number of unbranched alkanes of at least 4 members (excludes halogenated alkanes) is 5. The molecule has 0 aromatic heterocycles. The number of carbonyl (C=O) groups is 1. The summed E-state index contributed by atoms with van der Waals surface area (Å²) in [6, 6.07) is 0. The molecule has 1 unspecified atom stereocenters. The zero-order chi connectivity index (χ0) is 19.6. The van der Waals surface area contributed by atoms with E-state index in [1.165, 1.54) is 89.9 Å². The summed E-state index contributed by atoms with van der Waals surface area (Å²) in [5.41, 5.74) is 0. The molecule has 1 aliphatic carbocycles. The molecule has 0 heterocycles. The van der Waals surface area contributed by atoms with Crippen molar-refractivity contribution in [3.63, 3.8) is 0 Å². The molecule has 0 spiro atoms. The summed E-state index contributed by atoms with van der Waals surface area (Å²) in [6.45, 7) is 4.51. The van der Waals surface area contributed by atoms with Gasteiger partial charge in [-0.05, 0) is 31.3 Å². The van der Waals surface area contributed by atoms with E-state index in [4.69, 9.17) is 4.74 Å². The minimum Gasteiger partial charge on any atom is -0.431 e. The van der Waals surface area contributed by atoms with Crippen molar-refractivity contribution in [2.75, 3.05) is 0 Å². The quantitative estimate of drug-likeness (QED) is 0.312. The Morgan fingerprint density at radius 3 is 2.07 bits per heavy atom.